The maximum Gasteiger partial charge on any atom is 0.336 e. The van der Waals surface area contributed by atoms with Crippen molar-refractivity contribution in [2.24, 2.45) is 0 Å². The summed E-state index contributed by atoms with van der Waals surface area (Å²) in [5.41, 5.74) is 1.12. The second-order valence-electron chi connectivity index (χ2n) is 7.24. The molecular formula is C22H26O5. The van der Waals surface area contributed by atoms with Crippen LogP contribution >= 0.6 is 0 Å². The normalized spacial score (nSPS) is 14.7. The van der Waals surface area contributed by atoms with Crippen LogP contribution < -0.4 is 15.1 Å². The smallest absolute Gasteiger partial charge is 0.336 e. The molecule has 1 aliphatic rings. The Bertz CT molecular complexity index is 979. The van der Waals surface area contributed by atoms with Gasteiger partial charge in [-0.05, 0) is 44.9 Å². The molecule has 0 aliphatic carbocycles. The van der Waals surface area contributed by atoms with E-state index in [1.165, 1.54) is 6.07 Å². The summed E-state index contributed by atoms with van der Waals surface area (Å²) in [6.45, 7) is 10.0. The van der Waals surface area contributed by atoms with E-state index in [1.807, 2.05) is 39.8 Å². The maximum atomic E-state index is 12.9. The Balaban J connectivity index is 2.54. The number of aryl methyl sites for hydroxylation is 1. The van der Waals surface area contributed by atoms with E-state index in [1.54, 1.807) is 6.92 Å². The van der Waals surface area contributed by atoms with Crippen LogP contribution in [0.1, 0.15) is 68.9 Å². The van der Waals surface area contributed by atoms with Crippen LogP contribution in [0.4, 0.5) is 0 Å². The first-order valence-electron chi connectivity index (χ1n) is 9.53. The Labute approximate surface area is 159 Å². The van der Waals surface area contributed by atoms with Gasteiger partial charge in [-0.2, -0.15) is 0 Å². The Kier molecular flexibility index (Phi) is 5.13. The van der Waals surface area contributed by atoms with Crippen LogP contribution in [0.3, 0.4) is 0 Å². The molecule has 0 bridgehead atoms. The zero-order valence-corrected chi connectivity index (χ0v) is 16.6. The Morgan fingerprint density at radius 1 is 1.22 bits per heavy atom. The van der Waals surface area contributed by atoms with Gasteiger partial charge in [-0.3, -0.25) is 4.79 Å². The molecule has 0 radical (unpaired) electrons. The molecule has 2 aromatic rings. The lowest BCUT2D eigenvalue weighted by Crippen LogP contribution is -2.29. The largest absolute Gasteiger partial charge is 0.492 e. The maximum absolute atomic E-state index is 12.9. The molecule has 27 heavy (non-hydrogen) atoms. The van der Waals surface area contributed by atoms with Crippen molar-refractivity contribution in [1.82, 2.24) is 0 Å². The minimum atomic E-state index is -0.575. The number of benzene rings is 1. The van der Waals surface area contributed by atoms with E-state index in [9.17, 15) is 9.59 Å². The number of carbonyl (C=O) groups is 1. The molecule has 5 nitrogen and oxygen atoms in total. The fourth-order valence-electron chi connectivity index (χ4n) is 3.47. The van der Waals surface area contributed by atoms with Gasteiger partial charge in [0.05, 0.1) is 17.6 Å². The van der Waals surface area contributed by atoms with Crippen molar-refractivity contribution < 1.29 is 18.7 Å². The summed E-state index contributed by atoms with van der Waals surface area (Å²) in [7, 11) is 0. The van der Waals surface area contributed by atoms with Crippen molar-refractivity contribution in [3.8, 4) is 11.5 Å². The van der Waals surface area contributed by atoms with Gasteiger partial charge in [-0.25, -0.2) is 4.79 Å². The van der Waals surface area contributed by atoms with Gasteiger partial charge < -0.3 is 13.9 Å². The van der Waals surface area contributed by atoms with E-state index in [0.29, 0.717) is 35.5 Å². The Morgan fingerprint density at radius 2 is 1.96 bits per heavy atom. The number of Topliss-reactive ketones (excluding diaryl/α,β-unsaturated/α-hetero) is 1. The highest BCUT2D eigenvalue weighted by Crippen LogP contribution is 2.46. The molecule has 1 aliphatic heterocycles. The second kappa shape index (κ2) is 7.22. The van der Waals surface area contributed by atoms with Crippen molar-refractivity contribution in [3.05, 3.63) is 39.3 Å². The average molecular weight is 370 g/mol. The number of hydrogen-bond acceptors (Lipinski definition) is 5. The van der Waals surface area contributed by atoms with Crippen molar-refractivity contribution in [3.63, 3.8) is 0 Å². The number of rotatable bonds is 6. The molecule has 1 aromatic carbocycles. The molecule has 1 aromatic heterocycles. The van der Waals surface area contributed by atoms with Crippen molar-refractivity contribution in [2.75, 3.05) is 6.61 Å². The van der Waals surface area contributed by atoms with Gasteiger partial charge in [0.1, 0.15) is 22.7 Å². The SMILES string of the molecule is CCCc1cc(=O)oc2c(C(=O)CC)c3c(c(OCC)c12)C=CC(C)(C)O3. The van der Waals surface area contributed by atoms with E-state index in [2.05, 4.69) is 0 Å². The van der Waals surface area contributed by atoms with E-state index >= 15 is 0 Å². The minimum Gasteiger partial charge on any atom is -0.492 e. The molecule has 0 unspecified atom stereocenters. The highest BCUT2D eigenvalue weighted by atomic mass is 16.5. The number of ether oxygens (including phenoxy) is 2. The van der Waals surface area contributed by atoms with Crippen LogP contribution in [0.15, 0.2) is 21.4 Å². The summed E-state index contributed by atoms with van der Waals surface area (Å²) < 4.78 is 17.7. The fraction of sp³-hybridized carbons (Fsp3) is 0.455. The predicted octanol–water partition coefficient (Wildman–Crippen LogP) is 4.92. The van der Waals surface area contributed by atoms with E-state index < -0.39 is 11.2 Å². The molecule has 0 spiro atoms. The van der Waals surface area contributed by atoms with Crippen LogP contribution in [0.2, 0.25) is 0 Å². The Hall–Kier alpha value is -2.56. The van der Waals surface area contributed by atoms with Gasteiger partial charge in [0.2, 0.25) is 0 Å². The zero-order chi connectivity index (χ0) is 19.8. The standard InChI is InChI=1S/C22H26O5/c1-6-9-13-12-16(24)26-21-17(13)19(25-8-3)14-10-11-22(4,5)27-20(14)18(21)15(23)7-2/h10-12H,6-9H2,1-5H3. The van der Waals surface area contributed by atoms with Crippen LogP contribution in [0.25, 0.3) is 17.0 Å². The van der Waals surface area contributed by atoms with Crippen LogP contribution in [0, 0.1) is 0 Å². The third kappa shape index (κ3) is 3.38. The molecule has 0 fully saturated rings. The van der Waals surface area contributed by atoms with Crippen LogP contribution in [-0.4, -0.2) is 18.0 Å². The molecule has 2 heterocycles. The van der Waals surface area contributed by atoms with Gasteiger partial charge in [-0.1, -0.05) is 20.3 Å². The molecule has 0 atom stereocenters. The van der Waals surface area contributed by atoms with Gasteiger partial charge in [0.15, 0.2) is 11.4 Å². The Morgan fingerprint density at radius 3 is 2.59 bits per heavy atom. The summed E-state index contributed by atoms with van der Waals surface area (Å²) in [4.78, 5) is 25.1. The molecule has 144 valence electrons. The van der Waals surface area contributed by atoms with E-state index in [4.69, 9.17) is 13.9 Å². The number of carbonyl (C=O) groups excluding carboxylic acids is 1. The third-order valence-corrected chi connectivity index (χ3v) is 4.64. The van der Waals surface area contributed by atoms with Gasteiger partial charge in [0.25, 0.3) is 0 Å². The highest BCUT2D eigenvalue weighted by Gasteiger charge is 2.33. The molecule has 5 heteroatoms. The van der Waals surface area contributed by atoms with Gasteiger partial charge >= 0.3 is 5.63 Å². The zero-order valence-electron chi connectivity index (χ0n) is 16.6. The van der Waals surface area contributed by atoms with E-state index in [0.717, 1.165) is 17.5 Å². The first-order valence-corrected chi connectivity index (χ1v) is 9.53. The number of hydrogen-bond donors (Lipinski definition) is 0. The summed E-state index contributed by atoms with van der Waals surface area (Å²) in [6.07, 6.45) is 5.72. The highest BCUT2D eigenvalue weighted by molar-refractivity contribution is 6.12. The van der Waals surface area contributed by atoms with Gasteiger partial charge in [-0.15, -0.1) is 0 Å². The first-order chi connectivity index (χ1) is 12.8. The number of fused-ring (bicyclic) bond motifs is 2. The molecule has 0 amide bonds. The van der Waals surface area contributed by atoms with Crippen LogP contribution in [-0.2, 0) is 6.42 Å². The quantitative estimate of drug-likeness (QED) is 0.533. The molecule has 3 rings (SSSR count). The monoisotopic (exact) mass is 370 g/mol. The number of ketones is 1. The van der Waals surface area contributed by atoms with Crippen molar-refractivity contribution in [1.29, 1.82) is 0 Å². The summed E-state index contributed by atoms with van der Waals surface area (Å²) in [6, 6.07) is 1.50. The lowest BCUT2D eigenvalue weighted by Gasteiger charge is -2.31. The lowest BCUT2D eigenvalue weighted by molar-refractivity contribution is 0.0975. The second-order valence-corrected chi connectivity index (χ2v) is 7.24. The van der Waals surface area contributed by atoms with Crippen molar-refractivity contribution >= 4 is 22.8 Å². The summed E-state index contributed by atoms with van der Waals surface area (Å²) >= 11 is 0. The first kappa shape index (κ1) is 19.2. The molecule has 0 saturated carbocycles. The molecule has 0 saturated heterocycles. The summed E-state index contributed by atoms with van der Waals surface area (Å²) in [5, 5.41) is 0.696. The molecule has 0 N–H and O–H groups in total. The lowest BCUT2D eigenvalue weighted by atomic mass is 9.92. The molecular weight excluding hydrogens is 344 g/mol. The summed E-state index contributed by atoms with van der Waals surface area (Å²) in [5.74, 6) is 0.915. The third-order valence-electron chi connectivity index (χ3n) is 4.64. The van der Waals surface area contributed by atoms with Crippen molar-refractivity contribution in [2.45, 2.75) is 59.5 Å². The average Bonchev–Trinajstić information content (AvgIpc) is 2.60. The minimum absolute atomic E-state index is 0.123. The topological polar surface area (TPSA) is 65.7 Å². The predicted molar refractivity (Wildman–Crippen MR) is 106 cm³/mol. The van der Waals surface area contributed by atoms with Crippen LogP contribution in [0.5, 0.6) is 11.5 Å². The van der Waals surface area contributed by atoms with Gasteiger partial charge in [0, 0.05) is 12.5 Å². The van der Waals surface area contributed by atoms with E-state index in [-0.39, 0.29) is 17.8 Å². The fourth-order valence-corrected chi connectivity index (χ4v) is 3.47.